The van der Waals surface area contributed by atoms with E-state index in [-0.39, 0.29) is 5.91 Å². The van der Waals surface area contributed by atoms with Gasteiger partial charge in [0.1, 0.15) is 0 Å². The zero-order valence-corrected chi connectivity index (χ0v) is 16.2. The van der Waals surface area contributed by atoms with Crippen molar-refractivity contribution in [3.8, 4) is 0 Å². The van der Waals surface area contributed by atoms with Crippen LogP contribution < -0.4 is 0 Å². The van der Waals surface area contributed by atoms with E-state index in [0.717, 1.165) is 28.6 Å². The van der Waals surface area contributed by atoms with Crippen molar-refractivity contribution in [3.05, 3.63) is 51.8 Å². The summed E-state index contributed by atoms with van der Waals surface area (Å²) >= 11 is 3.54. The van der Waals surface area contributed by atoms with Gasteiger partial charge in [-0.15, -0.1) is 0 Å². The second kappa shape index (κ2) is 6.94. The molecule has 2 aliphatic rings. The summed E-state index contributed by atoms with van der Waals surface area (Å²) in [5, 5.41) is 4.69. The molecule has 0 atom stereocenters. The standard InChI is InChI=1S/C20H24BrN3O/c1-23-19(14-10-11-14)12-15(22-23)13-24(16-6-2-3-7-16)20(25)17-8-4-5-9-18(17)21/h4-5,8-9,12,14,16H,2-3,6-7,10-11,13H2,1H3. The van der Waals surface area contributed by atoms with Gasteiger partial charge in [-0.1, -0.05) is 25.0 Å². The van der Waals surface area contributed by atoms with Gasteiger partial charge in [0.05, 0.1) is 17.8 Å². The lowest BCUT2D eigenvalue weighted by Gasteiger charge is -2.29. The first-order chi connectivity index (χ1) is 12.1. The van der Waals surface area contributed by atoms with Crippen molar-refractivity contribution in [3.63, 3.8) is 0 Å². The number of carbonyl (C=O) groups excluding carboxylic acids is 1. The first-order valence-electron chi connectivity index (χ1n) is 9.22. The van der Waals surface area contributed by atoms with E-state index in [2.05, 4.69) is 22.0 Å². The SMILES string of the molecule is Cn1nc(CN(C(=O)c2ccccc2Br)C2CCCC2)cc1C1CC1. The number of rotatable bonds is 5. The maximum Gasteiger partial charge on any atom is 0.255 e. The summed E-state index contributed by atoms with van der Waals surface area (Å²) in [6.07, 6.45) is 7.14. The van der Waals surface area contributed by atoms with E-state index in [1.54, 1.807) is 0 Å². The molecular weight excluding hydrogens is 378 g/mol. The Balaban J connectivity index is 1.61. The molecule has 1 amide bonds. The topological polar surface area (TPSA) is 38.1 Å². The summed E-state index contributed by atoms with van der Waals surface area (Å²) in [4.78, 5) is 15.3. The maximum absolute atomic E-state index is 13.3. The average molecular weight is 402 g/mol. The Bertz CT molecular complexity index is 775. The molecule has 0 unspecified atom stereocenters. The molecule has 2 aliphatic carbocycles. The van der Waals surface area contributed by atoms with E-state index in [4.69, 9.17) is 5.10 Å². The summed E-state index contributed by atoms with van der Waals surface area (Å²) in [7, 11) is 2.02. The van der Waals surface area contributed by atoms with Gasteiger partial charge in [-0.2, -0.15) is 5.10 Å². The van der Waals surface area contributed by atoms with Crippen LogP contribution in [0, 0.1) is 0 Å². The van der Waals surface area contributed by atoms with E-state index >= 15 is 0 Å². The molecule has 0 bridgehead atoms. The highest BCUT2D eigenvalue weighted by molar-refractivity contribution is 9.10. The minimum atomic E-state index is 0.109. The van der Waals surface area contributed by atoms with Crippen LogP contribution in [0.2, 0.25) is 0 Å². The fourth-order valence-corrected chi connectivity index (χ4v) is 4.38. The van der Waals surface area contributed by atoms with Gasteiger partial charge in [0.2, 0.25) is 0 Å². The van der Waals surface area contributed by atoms with Crippen LogP contribution in [0.25, 0.3) is 0 Å². The first-order valence-corrected chi connectivity index (χ1v) is 10.0. The lowest BCUT2D eigenvalue weighted by molar-refractivity contribution is 0.0660. The first kappa shape index (κ1) is 16.8. The zero-order valence-electron chi connectivity index (χ0n) is 14.6. The number of benzene rings is 1. The van der Waals surface area contributed by atoms with Gasteiger partial charge < -0.3 is 4.90 Å². The average Bonchev–Trinajstić information content (AvgIpc) is 3.16. The zero-order chi connectivity index (χ0) is 17.4. The molecule has 1 heterocycles. The number of hydrogen-bond acceptors (Lipinski definition) is 2. The molecule has 0 saturated heterocycles. The molecule has 2 aromatic rings. The number of aryl methyl sites for hydroxylation is 1. The van der Waals surface area contributed by atoms with Crippen LogP contribution >= 0.6 is 15.9 Å². The van der Waals surface area contributed by atoms with E-state index in [1.807, 2.05) is 40.9 Å². The minimum absolute atomic E-state index is 0.109. The molecule has 1 aromatic heterocycles. The number of aromatic nitrogens is 2. The molecule has 2 fully saturated rings. The minimum Gasteiger partial charge on any atom is -0.330 e. The Labute approximate surface area is 157 Å². The Morgan fingerprint density at radius 2 is 1.96 bits per heavy atom. The second-order valence-corrected chi connectivity index (χ2v) is 8.16. The van der Waals surface area contributed by atoms with Crippen LogP contribution in [0.15, 0.2) is 34.8 Å². The highest BCUT2D eigenvalue weighted by atomic mass is 79.9. The smallest absolute Gasteiger partial charge is 0.255 e. The molecule has 1 aromatic carbocycles. The monoisotopic (exact) mass is 401 g/mol. The Kier molecular flexibility index (Phi) is 4.67. The van der Waals surface area contributed by atoms with Crippen molar-refractivity contribution in [1.29, 1.82) is 0 Å². The number of carbonyl (C=O) groups is 1. The van der Waals surface area contributed by atoms with E-state index < -0.39 is 0 Å². The van der Waals surface area contributed by atoms with E-state index in [0.29, 0.717) is 18.5 Å². The van der Waals surface area contributed by atoms with Gasteiger partial charge >= 0.3 is 0 Å². The lowest BCUT2D eigenvalue weighted by Crippen LogP contribution is -2.38. The van der Waals surface area contributed by atoms with Crippen molar-refractivity contribution in [2.45, 2.75) is 57.0 Å². The van der Waals surface area contributed by atoms with Crippen LogP contribution in [0.4, 0.5) is 0 Å². The van der Waals surface area contributed by atoms with Crippen LogP contribution in [0.1, 0.15) is 66.2 Å². The van der Waals surface area contributed by atoms with Gasteiger partial charge in [-0.05, 0) is 59.8 Å². The van der Waals surface area contributed by atoms with Crippen LogP contribution in [-0.4, -0.2) is 26.6 Å². The van der Waals surface area contributed by atoms with Crippen molar-refractivity contribution in [2.75, 3.05) is 0 Å². The molecule has 5 heteroatoms. The van der Waals surface area contributed by atoms with Crippen molar-refractivity contribution >= 4 is 21.8 Å². The quantitative estimate of drug-likeness (QED) is 0.731. The molecule has 0 N–H and O–H groups in total. The predicted molar refractivity (Wildman–Crippen MR) is 101 cm³/mol. The molecule has 25 heavy (non-hydrogen) atoms. The number of halogens is 1. The molecule has 132 valence electrons. The van der Waals surface area contributed by atoms with Gasteiger partial charge in [-0.25, -0.2) is 0 Å². The van der Waals surface area contributed by atoms with Gasteiger partial charge in [0.25, 0.3) is 5.91 Å². The van der Waals surface area contributed by atoms with E-state index in [1.165, 1.54) is 31.4 Å². The molecular formula is C20H24BrN3O. The predicted octanol–water partition coefficient (Wildman–Crippen LogP) is 4.65. The van der Waals surface area contributed by atoms with Crippen molar-refractivity contribution < 1.29 is 4.79 Å². The normalized spacial score (nSPS) is 17.8. The largest absolute Gasteiger partial charge is 0.330 e. The highest BCUT2D eigenvalue weighted by Crippen LogP contribution is 2.40. The summed E-state index contributed by atoms with van der Waals surface area (Å²) in [5.74, 6) is 0.781. The fourth-order valence-electron chi connectivity index (χ4n) is 3.93. The third-order valence-corrected chi connectivity index (χ3v) is 6.12. The number of nitrogens with zero attached hydrogens (tertiary/aromatic N) is 3. The Morgan fingerprint density at radius 3 is 2.64 bits per heavy atom. The summed E-state index contributed by atoms with van der Waals surface area (Å²) in [5.41, 5.74) is 3.07. The highest BCUT2D eigenvalue weighted by Gasteiger charge is 2.31. The number of hydrogen-bond donors (Lipinski definition) is 0. The maximum atomic E-state index is 13.3. The lowest BCUT2D eigenvalue weighted by atomic mass is 10.1. The van der Waals surface area contributed by atoms with Gasteiger partial charge in [0.15, 0.2) is 0 Å². The van der Waals surface area contributed by atoms with Gasteiger partial charge in [0, 0.05) is 29.2 Å². The summed E-state index contributed by atoms with van der Waals surface area (Å²) < 4.78 is 2.87. The number of amides is 1. The summed E-state index contributed by atoms with van der Waals surface area (Å²) in [6.45, 7) is 0.603. The second-order valence-electron chi connectivity index (χ2n) is 7.31. The Hall–Kier alpha value is -1.62. The van der Waals surface area contributed by atoms with Crippen LogP contribution in [0.5, 0.6) is 0 Å². The Morgan fingerprint density at radius 1 is 1.24 bits per heavy atom. The molecule has 0 spiro atoms. The molecule has 0 aliphatic heterocycles. The fraction of sp³-hybridized carbons (Fsp3) is 0.500. The molecule has 0 radical (unpaired) electrons. The van der Waals surface area contributed by atoms with Crippen LogP contribution in [0.3, 0.4) is 0 Å². The molecule has 2 saturated carbocycles. The third-order valence-electron chi connectivity index (χ3n) is 5.43. The molecule has 4 nitrogen and oxygen atoms in total. The van der Waals surface area contributed by atoms with Crippen molar-refractivity contribution in [1.82, 2.24) is 14.7 Å². The summed E-state index contributed by atoms with van der Waals surface area (Å²) in [6, 6.07) is 10.2. The van der Waals surface area contributed by atoms with E-state index in [9.17, 15) is 4.79 Å². The molecule has 4 rings (SSSR count). The van der Waals surface area contributed by atoms with Gasteiger partial charge in [-0.3, -0.25) is 9.48 Å². The van der Waals surface area contributed by atoms with Crippen molar-refractivity contribution in [2.24, 2.45) is 7.05 Å². The third kappa shape index (κ3) is 3.52. The van der Waals surface area contributed by atoms with Crippen LogP contribution in [-0.2, 0) is 13.6 Å².